The van der Waals surface area contributed by atoms with Gasteiger partial charge in [0.05, 0.1) is 0 Å². The number of hydrogen-bond donors (Lipinski definition) is 1. The van der Waals surface area contributed by atoms with E-state index in [1.807, 2.05) is 24.3 Å². The maximum Gasteiger partial charge on any atom is 0.116 e. The molecule has 0 saturated carbocycles. The Balaban J connectivity index is -0.000000186. The minimum Gasteiger partial charge on any atom is -0.508 e. The Hall–Kier alpha value is 0.0112. The Labute approximate surface area is 191 Å². The van der Waals surface area contributed by atoms with Crippen LogP contribution in [-0.4, -0.2) is 14.6 Å². The molecule has 0 saturated heterocycles. The fraction of sp³-hybridized carbons (Fsp3) is 0.524. The van der Waals surface area contributed by atoms with Crippen molar-refractivity contribution in [3.8, 4) is 5.75 Å². The summed E-state index contributed by atoms with van der Waals surface area (Å²) in [5.41, 5.74) is 2.54. The molecule has 5 heteroatoms. The van der Waals surface area contributed by atoms with Crippen molar-refractivity contribution in [2.45, 2.75) is 71.9 Å². The SMILES string of the molecule is CC(C)(C)c1cc(O)cc(C(C)(C)C)c1.C[SiH]C.Cl.Cl.[C-]1=CC=CC1.[Ti]. The molecule has 0 aliphatic heterocycles. The Bertz CT molecular complexity index is 488. The van der Waals surface area contributed by atoms with Crippen molar-refractivity contribution in [1.29, 1.82) is 0 Å². The summed E-state index contributed by atoms with van der Waals surface area (Å²) >= 11 is 0. The zero-order valence-corrected chi connectivity index (χ0v) is 21.9. The van der Waals surface area contributed by atoms with E-state index in [0.29, 0.717) is 5.75 Å². The minimum atomic E-state index is 0. The van der Waals surface area contributed by atoms with Gasteiger partial charge in [-0.2, -0.15) is 6.08 Å². The van der Waals surface area contributed by atoms with Crippen LogP contribution in [0.5, 0.6) is 5.75 Å². The van der Waals surface area contributed by atoms with Crippen LogP contribution in [0.25, 0.3) is 0 Å². The summed E-state index contributed by atoms with van der Waals surface area (Å²) < 4.78 is 0. The van der Waals surface area contributed by atoms with Gasteiger partial charge < -0.3 is 5.11 Å². The Kier molecular flexibility index (Phi) is 20.7. The standard InChI is InChI=1S/C14H22O.C5H5.C2H7Si.2ClH.Ti/c1-13(2,3)10-7-11(14(4,5)6)9-12(15)8-10;1-2-4-5-3-1;1-3-2;;;/h7-9,15H,1-6H3;1-3H,4H2;3H,1-2H3;2*1H;/q;-1;;;;. The fourth-order valence-corrected chi connectivity index (χ4v) is 1.82. The molecule has 0 amide bonds. The molecule has 0 heterocycles. The van der Waals surface area contributed by atoms with Gasteiger partial charge in [-0.05, 0) is 34.1 Å². The molecular formula is C21H36Cl2OSiTi-. The molecule has 1 radical (unpaired) electrons. The first kappa shape index (κ1) is 33.6. The predicted molar refractivity (Wildman–Crippen MR) is 120 cm³/mol. The molecule has 0 unspecified atom stereocenters. The van der Waals surface area contributed by atoms with Crippen LogP contribution in [0, 0.1) is 6.08 Å². The first-order valence-corrected chi connectivity index (χ1v) is 10.6. The number of benzene rings is 1. The zero-order valence-electron chi connectivity index (χ0n) is 17.5. The van der Waals surface area contributed by atoms with Crippen molar-refractivity contribution in [3.05, 3.63) is 53.6 Å². The van der Waals surface area contributed by atoms with Crippen LogP contribution in [-0.2, 0) is 32.5 Å². The van der Waals surface area contributed by atoms with Gasteiger partial charge in [0.15, 0.2) is 0 Å². The first-order valence-electron chi connectivity index (χ1n) is 8.33. The predicted octanol–water partition coefficient (Wildman–Crippen LogP) is 6.65. The van der Waals surface area contributed by atoms with Crippen LogP contribution in [0.15, 0.2) is 36.4 Å². The van der Waals surface area contributed by atoms with E-state index >= 15 is 0 Å². The molecule has 0 spiro atoms. The molecule has 1 nitrogen and oxygen atoms in total. The molecule has 1 aliphatic rings. The number of hydrogen-bond acceptors (Lipinski definition) is 1. The van der Waals surface area contributed by atoms with E-state index in [4.69, 9.17) is 0 Å². The molecule has 0 bridgehead atoms. The van der Waals surface area contributed by atoms with Crippen LogP contribution in [0.2, 0.25) is 13.1 Å². The summed E-state index contributed by atoms with van der Waals surface area (Å²) in [6.07, 6.45) is 10.0. The second kappa shape index (κ2) is 16.0. The Morgan fingerprint density at radius 3 is 1.46 bits per heavy atom. The molecule has 2 rings (SSSR count). The Morgan fingerprint density at radius 1 is 0.885 bits per heavy atom. The van der Waals surface area contributed by atoms with E-state index in [2.05, 4.69) is 72.9 Å². The second-order valence-corrected chi connectivity index (χ2v) is 9.00. The molecule has 1 N–H and O–H groups in total. The van der Waals surface area contributed by atoms with Gasteiger partial charge in [0, 0.05) is 31.2 Å². The van der Waals surface area contributed by atoms with Crippen LogP contribution in [0.3, 0.4) is 0 Å². The van der Waals surface area contributed by atoms with Gasteiger partial charge >= 0.3 is 0 Å². The molecule has 0 atom stereocenters. The van der Waals surface area contributed by atoms with Gasteiger partial charge in [0.1, 0.15) is 5.75 Å². The van der Waals surface area contributed by atoms with Crippen molar-refractivity contribution in [1.82, 2.24) is 0 Å². The van der Waals surface area contributed by atoms with Crippen LogP contribution >= 0.6 is 24.8 Å². The number of phenolic OH excluding ortho intramolecular Hbond substituents is 1. The minimum absolute atomic E-state index is 0. The summed E-state index contributed by atoms with van der Waals surface area (Å²) in [5, 5.41) is 9.72. The van der Waals surface area contributed by atoms with Crippen molar-refractivity contribution in [2.24, 2.45) is 0 Å². The Morgan fingerprint density at radius 2 is 1.27 bits per heavy atom. The monoisotopic (exact) mass is 450 g/mol. The van der Waals surface area contributed by atoms with E-state index in [9.17, 15) is 5.11 Å². The molecule has 1 aromatic carbocycles. The molecule has 26 heavy (non-hydrogen) atoms. The van der Waals surface area contributed by atoms with E-state index in [1.165, 1.54) is 11.1 Å². The van der Waals surface area contributed by atoms with Crippen molar-refractivity contribution in [2.75, 3.05) is 0 Å². The molecular weight excluding hydrogens is 415 g/mol. The summed E-state index contributed by atoms with van der Waals surface area (Å²) in [5.74, 6) is 0.368. The zero-order chi connectivity index (χ0) is 18.1. The number of rotatable bonds is 0. The summed E-state index contributed by atoms with van der Waals surface area (Å²) in [6.45, 7) is 17.4. The summed E-state index contributed by atoms with van der Waals surface area (Å²) in [6, 6.07) is 5.91. The second-order valence-electron chi connectivity index (χ2n) is 7.85. The number of aromatic hydroxyl groups is 1. The van der Waals surface area contributed by atoms with Crippen molar-refractivity contribution >= 4 is 34.3 Å². The van der Waals surface area contributed by atoms with Crippen molar-refractivity contribution < 1.29 is 26.8 Å². The topological polar surface area (TPSA) is 20.2 Å². The van der Waals surface area contributed by atoms with E-state index < -0.39 is 0 Å². The van der Waals surface area contributed by atoms with Gasteiger partial charge in [-0.3, -0.25) is 6.08 Å². The quantitative estimate of drug-likeness (QED) is 0.346. The average Bonchev–Trinajstić information content (AvgIpc) is 2.96. The smallest absolute Gasteiger partial charge is 0.116 e. The van der Waals surface area contributed by atoms with Gasteiger partial charge in [-0.15, -0.1) is 31.2 Å². The van der Waals surface area contributed by atoms with Crippen LogP contribution in [0.4, 0.5) is 0 Å². The summed E-state index contributed by atoms with van der Waals surface area (Å²) in [7, 11) is 0.750. The van der Waals surface area contributed by atoms with Gasteiger partial charge in [-0.1, -0.05) is 60.7 Å². The normalized spacial score (nSPS) is 11.5. The third kappa shape index (κ3) is 15.1. The number of allylic oxidation sites excluding steroid dienone is 4. The van der Waals surface area contributed by atoms with Gasteiger partial charge in [-0.25, -0.2) is 12.2 Å². The molecule has 0 fully saturated rings. The largest absolute Gasteiger partial charge is 0.508 e. The molecule has 1 aliphatic carbocycles. The third-order valence-corrected chi connectivity index (χ3v) is 3.24. The van der Waals surface area contributed by atoms with Crippen LogP contribution in [0.1, 0.15) is 59.1 Å². The molecule has 1 aromatic rings. The maximum absolute atomic E-state index is 9.72. The van der Waals surface area contributed by atoms with E-state index in [0.717, 1.165) is 15.9 Å². The molecule has 0 aromatic heterocycles. The van der Waals surface area contributed by atoms with E-state index in [1.54, 1.807) is 0 Å². The van der Waals surface area contributed by atoms with Gasteiger partial charge in [0.25, 0.3) is 0 Å². The van der Waals surface area contributed by atoms with Crippen molar-refractivity contribution in [3.63, 3.8) is 0 Å². The first-order chi connectivity index (χ1) is 10.5. The van der Waals surface area contributed by atoms with Crippen LogP contribution < -0.4 is 0 Å². The maximum atomic E-state index is 9.72. The van der Waals surface area contributed by atoms with Gasteiger partial charge in [0.2, 0.25) is 0 Å². The summed E-state index contributed by atoms with van der Waals surface area (Å²) in [4.78, 5) is 0. The number of phenols is 1. The molecule has 149 valence electrons. The average molecular weight is 451 g/mol. The number of halogens is 2. The third-order valence-electron chi connectivity index (χ3n) is 3.24. The fourth-order valence-electron chi connectivity index (χ4n) is 1.82. The van der Waals surface area contributed by atoms with E-state index in [-0.39, 0.29) is 57.4 Å².